The quantitative estimate of drug-likeness (QED) is 0.562. The normalized spacial score (nSPS) is 11.6. The number of hydrogen-bond acceptors (Lipinski definition) is 3. The predicted octanol–water partition coefficient (Wildman–Crippen LogP) is 3.79. The minimum Gasteiger partial charge on any atom is -0.223 e. The van der Waals surface area contributed by atoms with E-state index in [-0.39, 0.29) is 9.99 Å². The summed E-state index contributed by atoms with van der Waals surface area (Å²) in [6.07, 6.45) is 6.01. The maximum Gasteiger partial charge on any atom is 0.184 e. The Kier molecular flexibility index (Phi) is 9.13. The first-order valence-electron chi connectivity index (χ1n) is 6.02. The zero-order valence-corrected chi connectivity index (χ0v) is 12.0. The van der Waals surface area contributed by atoms with Gasteiger partial charge in [0.05, 0.1) is 9.99 Å². The molecule has 0 amide bonds. The summed E-state index contributed by atoms with van der Waals surface area (Å²) in [4.78, 5) is 0. The van der Waals surface area contributed by atoms with Crippen LogP contribution in [0.1, 0.15) is 52.4 Å². The molecule has 1 radical (unpaired) electrons. The predicted molar refractivity (Wildman–Crippen MR) is 73.1 cm³/mol. The van der Waals surface area contributed by atoms with Crippen molar-refractivity contribution in [3.05, 3.63) is 10.8 Å². The van der Waals surface area contributed by atoms with Gasteiger partial charge < -0.3 is 0 Å². The monoisotopic (exact) mass is 263 g/mol. The molecular weight excluding hydrogens is 240 g/mol. The highest BCUT2D eigenvalue weighted by atomic mass is 32.3. The lowest BCUT2D eigenvalue weighted by Gasteiger charge is -2.06. The van der Waals surface area contributed by atoms with Crippen LogP contribution < -0.4 is 0 Å². The van der Waals surface area contributed by atoms with Gasteiger partial charge in [-0.05, 0) is 25.2 Å². The summed E-state index contributed by atoms with van der Waals surface area (Å²) in [5.74, 6) is 1.01. The molecule has 95 valence electrons. The van der Waals surface area contributed by atoms with Gasteiger partial charge in [-0.3, -0.25) is 0 Å². The molecule has 0 saturated carbocycles. The van der Waals surface area contributed by atoms with E-state index in [1.54, 1.807) is 0 Å². The van der Waals surface area contributed by atoms with Gasteiger partial charge in [-0.25, -0.2) is 8.42 Å². The Morgan fingerprint density at radius 1 is 1.06 bits per heavy atom. The minimum absolute atomic E-state index is 0.111. The standard InChI is InChI=1S/C12H23O2S2/c1-4-6-8-10-15-12(3)16(13,14)11-9-7-5-2/h3H,4-11H2,1-2H3. The summed E-state index contributed by atoms with van der Waals surface area (Å²) in [6, 6.07) is 0. The van der Waals surface area contributed by atoms with E-state index in [0.29, 0.717) is 0 Å². The molecule has 0 fully saturated rings. The molecule has 0 saturated heterocycles. The Balaban J connectivity index is 3.86. The number of hydrogen-bond donors (Lipinski definition) is 0. The summed E-state index contributed by atoms with van der Waals surface area (Å²) in [6.45, 7) is 9.79. The van der Waals surface area contributed by atoms with Crippen LogP contribution in [0.3, 0.4) is 0 Å². The van der Waals surface area contributed by atoms with E-state index in [9.17, 15) is 8.42 Å². The summed E-state index contributed by atoms with van der Waals surface area (Å²) < 4.78 is 23.5. The topological polar surface area (TPSA) is 34.1 Å². The number of rotatable bonds is 10. The fourth-order valence-electron chi connectivity index (χ4n) is 1.26. The Morgan fingerprint density at radius 3 is 2.19 bits per heavy atom. The highest BCUT2D eigenvalue weighted by molar-refractivity contribution is 8.18. The van der Waals surface area contributed by atoms with E-state index >= 15 is 0 Å². The molecule has 0 spiro atoms. The molecule has 4 heteroatoms. The molecule has 2 nitrogen and oxygen atoms in total. The van der Waals surface area contributed by atoms with Crippen LogP contribution in [0, 0.1) is 6.58 Å². The number of sulfone groups is 1. The first-order valence-corrected chi connectivity index (χ1v) is 8.66. The molecule has 0 unspecified atom stereocenters. The van der Waals surface area contributed by atoms with E-state index in [1.165, 1.54) is 11.8 Å². The van der Waals surface area contributed by atoms with Gasteiger partial charge in [0, 0.05) is 0 Å². The summed E-state index contributed by atoms with van der Waals surface area (Å²) in [5, 5.41) is 0. The minimum atomic E-state index is -3.16. The maximum atomic E-state index is 11.7. The first kappa shape index (κ1) is 16.0. The molecule has 0 N–H and O–H groups in total. The van der Waals surface area contributed by atoms with E-state index in [2.05, 4.69) is 13.8 Å². The molecule has 0 aromatic rings. The van der Waals surface area contributed by atoms with Crippen LogP contribution in [-0.4, -0.2) is 19.9 Å². The lowest BCUT2D eigenvalue weighted by atomic mass is 10.3. The van der Waals surface area contributed by atoms with Crippen LogP contribution >= 0.6 is 11.8 Å². The second-order valence-corrected chi connectivity index (χ2v) is 7.37. The molecule has 0 rings (SSSR count). The van der Waals surface area contributed by atoms with Gasteiger partial charge in [0.25, 0.3) is 0 Å². The Hall–Kier alpha value is 0.0400. The summed E-state index contributed by atoms with van der Waals surface area (Å²) in [5.41, 5.74) is 0. The van der Waals surface area contributed by atoms with Crippen molar-refractivity contribution >= 4 is 21.6 Å². The third kappa shape index (κ3) is 7.34. The molecule has 0 aromatic heterocycles. The van der Waals surface area contributed by atoms with Crippen molar-refractivity contribution < 1.29 is 8.42 Å². The van der Waals surface area contributed by atoms with Gasteiger partial charge in [0.2, 0.25) is 0 Å². The van der Waals surface area contributed by atoms with Crippen molar-refractivity contribution in [3.8, 4) is 0 Å². The Labute approximate surface area is 105 Å². The molecule has 0 atom stereocenters. The largest absolute Gasteiger partial charge is 0.223 e. The van der Waals surface area contributed by atoms with E-state index in [1.807, 2.05) is 0 Å². The smallest absolute Gasteiger partial charge is 0.184 e. The van der Waals surface area contributed by atoms with Crippen LogP contribution in [0.15, 0.2) is 4.24 Å². The van der Waals surface area contributed by atoms with E-state index in [0.717, 1.165) is 44.3 Å². The van der Waals surface area contributed by atoms with Gasteiger partial charge in [-0.15, -0.1) is 11.8 Å². The van der Waals surface area contributed by atoms with Crippen molar-refractivity contribution in [2.75, 3.05) is 11.5 Å². The summed E-state index contributed by atoms with van der Waals surface area (Å²) in [7, 11) is -3.16. The highest BCUT2D eigenvalue weighted by Crippen LogP contribution is 2.22. The van der Waals surface area contributed by atoms with Crippen LogP contribution in [0.4, 0.5) is 0 Å². The Morgan fingerprint density at radius 2 is 1.62 bits per heavy atom. The second kappa shape index (κ2) is 9.11. The van der Waals surface area contributed by atoms with Crippen molar-refractivity contribution in [3.63, 3.8) is 0 Å². The molecule has 0 heterocycles. The fraction of sp³-hybridized carbons (Fsp3) is 0.833. The average molecular weight is 263 g/mol. The molecule has 0 aliphatic heterocycles. The van der Waals surface area contributed by atoms with Crippen molar-refractivity contribution in [1.82, 2.24) is 0 Å². The fourth-order valence-corrected chi connectivity index (χ4v) is 3.81. The van der Waals surface area contributed by atoms with Crippen molar-refractivity contribution in [2.45, 2.75) is 52.4 Å². The van der Waals surface area contributed by atoms with Crippen LogP contribution in [0.2, 0.25) is 0 Å². The molecule has 0 aliphatic carbocycles. The van der Waals surface area contributed by atoms with Gasteiger partial charge in [-0.2, -0.15) is 0 Å². The third-order valence-electron chi connectivity index (χ3n) is 2.32. The molecule has 16 heavy (non-hydrogen) atoms. The second-order valence-electron chi connectivity index (χ2n) is 3.90. The third-order valence-corrected chi connectivity index (χ3v) is 5.65. The maximum absolute atomic E-state index is 11.7. The molecule has 0 aromatic carbocycles. The van der Waals surface area contributed by atoms with Gasteiger partial charge >= 0.3 is 0 Å². The average Bonchev–Trinajstić information content (AvgIpc) is 2.24. The van der Waals surface area contributed by atoms with E-state index in [4.69, 9.17) is 6.58 Å². The zero-order valence-electron chi connectivity index (χ0n) is 10.4. The van der Waals surface area contributed by atoms with Crippen molar-refractivity contribution in [1.29, 1.82) is 0 Å². The van der Waals surface area contributed by atoms with Gasteiger partial charge in [0.15, 0.2) is 9.84 Å². The molecular formula is C12H23O2S2. The number of thioether (sulfide) groups is 1. The van der Waals surface area contributed by atoms with Crippen LogP contribution in [0.5, 0.6) is 0 Å². The molecule has 0 bridgehead atoms. The van der Waals surface area contributed by atoms with Crippen LogP contribution in [-0.2, 0) is 9.84 Å². The zero-order chi connectivity index (χ0) is 12.4. The highest BCUT2D eigenvalue weighted by Gasteiger charge is 2.15. The van der Waals surface area contributed by atoms with Crippen LogP contribution in [0.25, 0.3) is 0 Å². The Bertz CT molecular complexity index is 281. The van der Waals surface area contributed by atoms with Gasteiger partial charge in [0.1, 0.15) is 0 Å². The van der Waals surface area contributed by atoms with Gasteiger partial charge in [-0.1, -0.05) is 39.5 Å². The first-order chi connectivity index (χ1) is 7.54. The number of unbranched alkanes of at least 4 members (excludes halogenated alkanes) is 4. The lowest BCUT2D eigenvalue weighted by Crippen LogP contribution is -2.07. The van der Waals surface area contributed by atoms with E-state index < -0.39 is 9.84 Å². The van der Waals surface area contributed by atoms with Crippen molar-refractivity contribution in [2.24, 2.45) is 0 Å². The SMILES string of the molecule is [CH]=C(SCCCCC)S(=O)(=O)CCCCC. The summed E-state index contributed by atoms with van der Waals surface area (Å²) >= 11 is 1.29. The lowest BCUT2D eigenvalue weighted by molar-refractivity contribution is 0.599. The molecule has 0 aliphatic rings.